The maximum atomic E-state index is 13.2. The van der Waals surface area contributed by atoms with Crippen molar-refractivity contribution in [3.63, 3.8) is 0 Å². The minimum atomic E-state index is -0.308. The molecule has 15 heavy (non-hydrogen) atoms. The molecule has 0 aliphatic heterocycles. The van der Waals surface area contributed by atoms with Crippen molar-refractivity contribution in [3.8, 4) is 5.75 Å². The first-order valence-electron chi connectivity index (χ1n) is 5.07. The molecule has 0 heterocycles. The molecular weight excluding hydrogens is 193 g/mol. The molecule has 0 radical (unpaired) electrons. The van der Waals surface area contributed by atoms with Crippen LogP contribution in [0.5, 0.6) is 5.75 Å². The van der Waals surface area contributed by atoms with Gasteiger partial charge in [0.25, 0.3) is 0 Å². The third kappa shape index (κ3) is 3.88. The lowest BCUT2D eigenvalue weighted by molar-refractivity contribution is 0.173. The van der Waals surface area contributed by atoms with Gasteiger partial charge in [0.1, 0.15) is 0 Å². The molecule has 1 N–H and O–H groups in total. The van der Waals surface area contributed by atoms with Crippen molar-refractivity contribution >= 4 is 0 Å². The number of nitrogens with one attached hydrogen (secondary N) is 1. The summed E-state index contributed by atoms with van der Waals surface area (Å²) in [6.07, 6.45) is 0. The average molecular weight is 211 g/mol. The van der Waals surface area contributed by atoms with Crippen LogP contribution in [0.3, 0.4) is 0 Å². The Morgan fingerprint density at radius 3 is 2.60 bits per heavy atom. The van der Waals surface area contributed by atoms with E-state index in [2.05, 4.69) is 19.2 Å². The highest BCUT2D eigenvalue weighted by Gasteiger charge is 2.18. The second-order valence-corrected chi connectivity index (χ2v) is 4.41. The highest BCUT2D eigenvalue weighted by Crippen LogP contribution is 2.20. The molecule has 0 saturated heterocycles. The molecule has 0 saturated carbocycles. The van der Waals surface area contributed by atoms with Crippen molar-refractivity contribution in [1.82, 2.24) is 5.32 Å². The summed E-state index contributed by atoms with van der Waals surface area (Å²) in [4.78, 5) is 0. The van der Waals surface area contributed by atoms with Gasteiger partial charge in [-0.2, -0.15) is 0 Å². The van der Waals surface area contributed by atoms with E-state index in [9.17, 15) is 4.39 Å². The zero-order valence-corrected chi connectivity index (χ0v) is 9.51. The predicted octanol–water partition coefficient (Wildman–Crippen LogP) is 2.45. The third-order valence-corrected chi connectivity index (χ3v) is 2.11. The summed E-state index contributed by atoms with van der Waals surface area (Å²) in [5.41, 5.74) is -0.00295. The molecule has 0 bridgehead atoms. The Bertz CT molecular complexity index is 312. The van der Waals surface area contributed by atoms with Gasteiger partial charge in [-0.25, -0.2) is 4.39 Å². The topological polar surface area (TPSA) is 21.3 Å². The summed E-state index contributed by atoms with van der Waals surface area (Å²) in [7, 11) is 1.89. The number of hydrogen-bond donors (Lipinski definition) is 1. The van der Waals surface area contributed by atoms with Crippen LogP contribution in [-0.4, -0.2) is 20.2 Å². The van der Waals surface area contributed by atoms with Crippen LogP contribution in [0.15, 0.2) is 24.3 Å². The van der Waals surface area contributed by atoms with Crippen LogP contribution in [-0.2, 0) is 0 Å². The maximum absolute atomic E-state index is 13.2. The van der Waals surface area contributed by atoms with Crippen molar-refractivity contribution in [3.05, 3.63) is 30.1 Å². The largest absolute Gasteiger partial charge is 0.490 e. The summed E-state index contributed by atoms with van der Waals surface area (Å²) in [6, 6.07) is 6.47. The summed E-state index contributed by atoms with van der Waals surface area (Å²) in [6.45, 7) is 5.48. The first kappa shape index (κ1) is 12.0. The van der Waals surface area contributed by atoms with E-state index in [0.29, 0.717) is 12.4 Å². The standard InChI is InChI=1S/C12H18FNO/c1-12(2,8-14-3)9-15-11-7-5-4-6-10(11)13/h4-7,14H,8-9H2,1-3H3. The fraction of sp³-hybridized carbons (Fsp3) is 0.500. The van der Waals surface area contributed by atoms with Crippen LogP contribution in [0, 0.1) is 11.2 Å². The van der Waals surface area contributed by atoms with Crippen LogP contribution in [0.4, 0.5) is 4.39 Å². The Kier molecular flexibility index (Phi) is 4.09. The van der Waals surface area contributed by atoms with Crippen LogP contribution < -0.4 is 10.1 Å². The van der Waals surface area contributed by atoms with E-state index in [1.54, 1.807) is 18.2 Å². The lowest BCUT2D eigenvalue weighted by Crippen LogP contribution is -2.32. The van der Waals surface area contributed by atoms with Crippen molar-refractivity contribution in [1.29, 1.82) is 0 Å². The van der Waals surface area contributed by atoms with Gasteiger partial charge in [-0.15, -0.1) is 0 Å². The SMILES string of the molecule is CNCC(C)(C)COc1ccccc1F. The first-order valence-corrected chi connectivity index (χ1v) is 5.07. The molecule has 84 valence electrons. The number of ether oxygens (including phenoxy) is 1. The first-order chi connectivity index (χ1) is 7.05. The second kappa shape index (κ2) is 5.12. The van der Waals surface area contributed by atoms with Gasteiger partial charge < -0.3 is 10.1 Å². The Hall–Kier alpha value is -1.09. The summed E-state index contributed by atoms with van der Waals surface area (Å²) < 4.78 is 18.6. The zero-order chi connectivity index (χ0) is 11.3. The summed E-state index contributed by atoms with van der Waals surface area (Å²) >= 11 is 0. The lowest BCUT2D eigenvalue weighted by atomic mass is 9.95. The maximum Gasteiger partial charge on any atom is 0.165 e. The molecule has 0 fully saturated rings. The van der Waals surface area contributed by atoms with E-state index < -0.39 is 0 Å². The summed E-state index contributed by atoms with van der Waals surface area (Å²) in [5, 5.41) is 3.09. The average Bonchev–Trinajstić information content (AvgIpc) is 2.16. The smallest absolute Gasteiger partial charge is 0.165 e. The van der Waals surface area contributed by atoms with Gasteiger partial charge in [0.2, 0.25) is 0 Å². The van der Waals surface area contributed by atoms with E-state index in [4.69, 9.17) is 4.74 Å². The minimum Gasteiger partial charge on any atom is -0.490 e. The summed E-state index contributed by atoms with van der Waals surface area (Å²) in [5.74, 6) is 0.0134. The Morgan fingerprint density at radius 1 is 1.33 bits per heavy atom. The monoisotopic (exact) mass is 211 g/mol. The normalized spacial score (nSPS) is 11.5. The van der Waals surface area contributed by atoms with Crippen molar-refractivity contribution in [2.45, 2.75) is 13.8 Å². The Balaban J connectivity index is 2.53. The van der Waals surface area contributed by atoms with E-state index in [1.807, 2.05) is 7.05 Å². The number of rotatable bonds is 5. The van der Waals surface area contributed by atoms with Crippen molar-refractivity contribution in [2.24, 2.45) is 5.41 Å². The number of halogens is 1. The molecule has 0 spiro atoms. The van der Waals surface area contributed by atoms with E-state index >= 15 is 0 Å². The van der Waals surface area contributed by atoms with Crippen LogP contribution in [0.25, 0.3) is 0 Å². The molecule has 1 aromatic carbocycles. The predicted molar refractivity (Wildman–Crippen MR) is 59.6 cm³/mol. The quantitative estimate of drug-likeness (QED) is 0.807. The molecule has 0 unspecified atom stereocenters. The van der Waals surface area contributed by atoms with Crippen LogP contribution in [0.2, 0.25) is 0 Å². The number of para-hydroxylation sites is 1. The fourth-order valence-electron chi connectivity index (χ4n) is 1.36. The molecule has 3 heteroatoms. The zero-order valence-electron chi connectivity index (χ0n) is 9.51. The van der Waals surface area contributed by atoms with Crippen molar-refractivity contribution < 1.29 is 9.13 Å². The lowest BCUT2D eigenvalue weighted by Gasteiger charge is -2.24. The highest BCUT2D eigenvalue weighted by molar-refractivity contribution is 5.23. The Morgan fingerprint density at radius 2 is 2.00 bits per heavy atom. The third-order valence-electron chi connectivity index (χ3n) is 2.11. The van der Waals surface area contributed by atoms with Gasteiger partial charge in [0.05, 0.1) is 6.61 Å². The van der Waals surface area contributed by atoms with Gasteiger partial charge in [-0.1, -0.05) is 26.0 Å². The molecule has 2 nitrogen and oxygen atoms in total. The van der Waals surface area contributed by atoms with Gasteiger partial charge >= 0.3 is 0 Å². The molecule has 0 aliphatic carbocycles. The van der Waals surface area contributed by atoms with Crippen LogP contribution >= 0.6 is 0 Å². The van der Waals surface area contributed by atoms with Crippen LogP contribution in [0.1, 0.15) is 13.8 Å². The van der Waals surface area contributed by atoms with Gasteiger partial charge in [-0.05, 0) is 19.2 Å². The van der Waals surface area contributed by atoms with Crippen molar-refractivity contribution in [2.75, 3.05) is 20.2 Å². The second-order valence-electron chi connectivity index (χ2n) is 4.41. The van der Waals surface area contributed by atoms with Gasteiger partial charge in [0.15, 0.2) is 11.6 Å². The minimum absolute atomic E-state index is 0.00295. The Labute approximate surface area is 90.4 Å². The van der Waals surface area contributed by atoms with E-state index in [-0.39, 0.29) is 11.2 Å². The molecule has 0 aromatic heterocycles. The number of benzene rings is 1. The fourth-order valence-corrected chi connectivity index (χ4v) is 1.36. The number of hydrogen-bond acceptors (Lipinski definition) is 2. The van der Waals surface area contributed by atoms with Gasteiger partial charge in [-0.3, -0.25) is 0 Å². The molecule has 1 aromatic rings. The van der Waals surface area contributed by atoms with E-state index in [0.717, 1.165) is 6.54 Å². The van der Waals surface area contributed by atoms with Gasteiger partial charge in [0, 0.05) is 12.0 Å². The molecule has 0 atom stereocenters. The molecule has 0 amide bonds. The van der Waals surface area contributed by atoms with E-state index in [1.165, 1.54) is 6.07 Å². The molecule has 0 aliphatic rings. The highest BCUT2D eigenvalue weighted by atomic mass is 19.1. The molecular formula is C12H18FNO. The molecule has 1 rings (SSSR count).